The van der Waals surface area contributed by atoms with Crippen molar-refractivity contribution >= 4 is 17.9 Å². The van der Waals surface area contributed by atoms with Crippen molar-refractivity contribution in [3.8, 4) is 0 Å². The van der Waals surface area contributed by atoms with Gasteiger partial charge in [0.25, 0.3) is 0 Å². The van der Waals surface area contributed by atoms with Gasteiger partial charge in [0.05, 0.1) is 18.7 Å². The molecule has 20 heavy (non-hydrogen) atoms. The summed E-state index contributed by atoms with van der Waals surface area (Å²) in [5, 5.41) is 3.50. The zero-order chi connectivity index (χ0) is 14.4. The first-order valence-corrected chi connectivity index (χ1v) is 6.99. The lowest BCUT2D eigenvalue weighted by Crippen LogP contribution is -2.36. The zero-order valence-corrected chi connectivity index (χ0v) is 11.8. The van der Waals surface area contributed by atoms with Crippen molar-refractivity contribution in [1.82, 2.24) is 0 Å². The first-order valence-electron chi connectivity index (χ1n) is 6.99. The average molecular weight is 275 g/mol. The molecule has 0 saturated carbocycles. The van der Waals surface area contributed by atoms with Gasteiger partial charge in [-0.05, 0) is 37.5 Å². The summed E-state index contributed by atoms with van der Waals surface area (Å²) >= 11 is 0. The number of hydrogen-bond acceptors (Lipinski definition) is 5. The van der Waals surface area contributed by atoms with Gasteiger partial charge in [0.1, 0.15) is 0 Å². The highest BCUT2D eigenvalue weighted by atomic mass is 16.5. The van der Waals surface area contributed by atoms with Crippen LogP contribution in [0.4, 0.5) is 5.69 Å². The molecule has 1 aliphatic heterocycles. The second-order valence-electron chi connectivity index (χ2n) is 4.88. The molecule has 0 unspecified atom stereocenters. The van der Waals surface area contributed by atoms with Gasteiger partial charge in [-0.15, -0.1) is 0 Å². The molecule has 2 rings (SSSR count). The van der Waals surface area contributed by atoms with Crippen molar-refractivity contribution in [3.05, 3.63) is 29.8 Å². The SMILES string of the molecule is CCOC(=O)C1CCN(c2ccc(C=NN)cc2)CC1. The third-order valence-electron chi connectivity index (χ3n) is 3.60. The van der Waals surface area contributed by atoms with Crippen LogP contribution in [0.15, 0.2) is 29.4 Å². The maximum atomic E-state index is 11.7. The fourth-order valence-electron chi connectivity index (χ4n) is 2.49. The number of hydrogen-bond donors (Lipinski definition) is 1. The summed E-state index contributed by atoms with van der Waals surface area (Å²) < 4.78 is 5.08. The van der Waals surface area contributed by atoms with Crippen LogP contribution in [0.25, 0.3) is 0 Å². The van der Waals surface area contributed by atoms with Gasteiger partial charge in [-0.2, -0.15) is 5.10 Å². The van der Waals surface area contributed by atoms with E-state index in [4.69, 9.17) is 10.6 Å². The molecule has 108 valence electrons. The first-order chi connectivity index (χ1) is 9.74. The van der Waals surface area contributed by atoms with E-state index < -0.39 is 0 Å². The maximum absolute atomic E-state index is 11.7. The molecule has 0 radical (unpaired) electrons. The minimum atomic E-state index is -0.0540. The molecule has 2 N–H and O–H groups in total. The average Bonchev–Trinajstić information content (AvgIpc) is 2.49. The maximum Gasteiger partial charge on any atom is 0.309 e. The molecule has 0 aromatic heterocycles. The summed E-state index contributed by atoms with van der Waals surface area (Å²) in [6.45, 7) is 4.07. The van der Waals surface area contributed by atoms with E-state index in [1.807, 2.05) is 19.1 Å². The van der Waals surface area contributed by atoms with Gasteiger partial charge in [-0.1, -0.05) is 12.1 Å². The van der Waals surface area contributed by atoms with Gasteiger partial charge in [-0.3, -0.25) is 4.79 Å². The second kappa shape index (κ2) is 6.93. The van der Waals surface area contributed by atoms with E-state index >= 15 is 0 Å². The standard InChI is InChI=1S/C15H21N3O2/c1-2-20-15(19)13-7-9-18(10-8-13)14-5-3-12(4-6-14)11-17-16/h3-6,11,13H,2,7-10,16H2,1H3. The molecule has 5 heteroatoms. The predicted octanol–water partition coefficient (Wildman–Crippen LogP) is 1.76. The van der Waals surface area contributed by atoms with E-state index in [2.05, 4.69) is 22.1 Å². The molecular formula is C15H21N3O2. The Hall–Kier alpha value is -2.04. The Balaban J connectivity index is 1.91. The van der Waals surface area contributed by atoms with Gasteiger partial charge in [0.15, 0.2) is 0 Å². The van der Waals surface area contributed by atoms with E-state index in [0.717, 1.165) is 31.5 Å². The van der Waals surface area contributed by atoms with Crippen molar-refractivity contribution < 1.29 is 9.53 Å². The fourth-order valence-corrected chi connectivity index (χ4v) is 2.49. The number of benzene rings is 1. The molecule has 0 amide bonds. The van der Waals surface area contributed by atoms with Crippen LogP contribution in [0.2, 0.25) is 0 Å². The van der Waals surface area contributed by atoms with Crippen molar-refractivity contribution in [2.45, 2.75) is 19.8 Å². The van der Waals surface area contributed by atoms with Crippen molar-refractivity contribution in [2.24, 2.45) is 16.9 Å². The Morgan fingerprint density at radius 1 is 1.40 bits per heavy atom. The molecule has 1 aromatic carbocycles. The van der Waals surface area contributed by atoms with Gasteiger partial charge in [0.2, 0.25) is 0 Å². The number of anilines is 1. The molecule has 1 aromatic rings. The quantitative estimate of drug-likeness (QED) is 0.393. The van der Waals surface area contributed by atoms with E-state index in [1.165, 1.54) is 5.69 Å². The Labute approximate surface area is 119 Å². The number of hydrazone groups is 1. The van der Waals surface area contributed by atoms with Crippen LogP contribution in [0.1, 0.15) is 25.3 Å². The molecule has 0 aliphatic carbocycles. The largest absolute Gasteiger partial charge is 0.466 e. The summed E-state index contributed by atoms with van der Waals surface area (Å²) in [5.41, 5.74) is 2.15. The van der Waals surface area contributed by atoms with E-state index in [0.29, 0.717) is 6.61 Å². The normalized spacial score (nSPS) is 16.6. The van der Waals surface area contributed by atoms with Gasteiger partial charge in [0, 0.05) is 18.8 Å². The summed E-state index contributed by atoms with van der Waals surface area (Å²) in [6.07, 6.45) is 3.33. The fraction of sp³-hybridized carbons (Fsp3) is 0.467. The molecule has 1 aliphatic rings. The summed E-state index contributed by atoms with van der Waals surface area (Å²) in [7, 11) is 0. The van der Waals surface area contributed by atoms with Crippen LogP contribution < -0.4 is 10.7 Å². The summed E-state index contributed by atoms with van der Waals surface area (Å²) in [6, 6.07) is 8.09. The topological polar surface area (TPSA) is 67.9 Å². The molecule has 1 heterocycles. The molecule has 0 spiro atoms. The van der Waals surface area contributed by atoms with Crippen LogP contribution in [-0.4, -0.2) is 31.9 Å². The lowest BCUT2D eigenvalue weighted by molar-refractivity contribution is -0.148. The van der Waals surface area contributed by atoms with E-state index in [-0.39, 0.29) is 11.9 Å². The van der Waals surface area contributed by atoms with Gasteiger partial charge < -0.3 is 15.5 Å². The van der Waals surface area contributed by atoms with Crippen LogP contribution in [0.3, 0.4) is 0 Å². The van der Waals surface area contributed by atoms with Crippen molar-refractivity contribution in [2.75, 3.05) is 24.6 Å². The summed E-state index contributed by atoms with van der Waals surface area (Å²) in [5.74, 6) is 5.12. The highest BCUT2D eigenvalue weighted by molar-refractivity contribution is 5.80. The number of nitrogens with zero attached hydrogens (tertiary/aromatic N) is 2. The second-order valence-corrected chi connectivity index (χ2v) is 4.88. The van der Waals surface area contributed by atoms with Crippen molar-refractivity contribution in [1.29, 1.82) is 0 Å². The molecule has 1 saturated heterocycles. The van der Waals surface area contributed by atoms with Crippen LogP contribution >= 0.6 is 0 Å². The number of rotatable bonds is 4. The Kier molecular flexibility index (Phi) is 4.98. The zero-order valence-electron chi connectivity index (χ0n) is 11.8. The van der Waals surface area contributed by atoms with Crippen LogP contribution in [0.5, 0.6) is 0 Å². The Morgan fingerprint density at radius 3 is 2.60 bits per heavy atom. The highest BCUT2D eigenvalue weighted by Gasteiger charge is 2.25. The van der Waals surface area contributed by atoms with Gasteiger partial charge >= 0.3 is 5.97 Å². The minimum Gasteiger partial charge on any atom is -0.466 e. The molecule has 1 fully saturated rings. The van der Waals surface area contributed by atoms with Crippen LogP contribution in [0, 0.1) is 5.92 Å². The third-order valence-corrected chi connectivity index (χ3v) is 3.60. The monoisotopic (exact) mass is 275 g/mol. The van der Waals surface area contributed by atoms with E-state index in [9.17, 15) is 4.79 Å². The first kappa shape index (κ1) is 14.4. The third kappa shape index (κ3) is 3.50. The smallest absolute Gasteiger partial charge is 0.309 e. The molecule has 5 nitrogen and oxygen atoms in total. The lowest BCUT2D eigenvalue weighted by Gasteiger charge is -2.32. The lowest BCUT2D eigenvalue weighted by atomic mass is 9.96. The predicted molar refractivity (Wildman–Crippen MR) is 79.8 cm³/mol. The number of piperidine rings is 1. The minimum absolute atomic E-state index is 0.0508. The summed E-state index contributed by atoms with van der Waals surface area (Å²) in [4.78, 5) is 14.0. The Morgan fingerprint density at radius 2 is 2.05 bits per heavy atom. The number of esters is 1. The number of ether oxygens (including phenoxy) is 1. The van der Waals surface area contributed by atoms with E-state index in [1.54, 1.807) is 6.21 Å². The molecule has 0 bridgehead atoms. The number of carbonyl (C=O) groups is 1. The number of nitrogens with two attached hydrogens (primary N) is 1. The molecular weight excluding hydrogens is 254 g/mol. The number of carbonyl (C=O) groups excluding carboxylic acids is 1. The molecule has 0 atom stereocenters. The van der Waals surface area contributed by atoms with Crippen LogP contribution in [-0.2, 0) is 9.53 Å². The Bertz CT molecular complexity index is 463. The van der Waals surface area contributed by atoms with Gasteiger partial charge in [-0.25, -0.2) is 0 Å². The van der Waals surface area contributed by atoms with Crippen molar-refractivity contribution in [3.63, 3.8) is 0 Å². The highest BCUT2D eigenvalue weighted by Crippen LogP contribution is 2.24.